The molecule has 18 heavy (non-hydrogen) atoms. The van der Waals surface area contributed by atoms with Crippen LogP contribution in [0.4, 0.5) is 0 Å². The van der Waals surface area contributed by atoms with E-state index < -0.39 is 0 Å². The van der Waals surface area contributed by atoms with Gasteiger partial charge < -0.3 is 12.3 Å². The van der Waals surface area contributed by atoms with Crippen LogP contribution in [0, 0.1) is 37.0 Å². The zero-order chi connectivity index (χ0) is 13.6. The van der Waals surface area contributed by atoms with Crippen LogP contribution in [-0.4, -0.2) is 25.5 Å². The summed E-state index contributed by atoms with van der Waals surface area (Å²) in [6, 6.07) is 0. The van der Waals surface area contributed by atoms with Crippen molar-refractivity contribution in [2.75, 3.05) is 20.6 Å². The topological polar surface area (TPSA) is 3.24 Å². The van der Waals surface area contributed by atoms with Gasteiger partial charge in [0.2, 0.25) is 0 Å². The van der Waals surface area contributed by atoms with Crippen LogP contribution >= 0.6 is 20.1 Å². The van der Waals surface area contributed by atoms with Crippen LogP contribution in [-0.2, 0) is 13.4 Å². The summed E-state index contributed by atoms with van der Waals surface area (Å²) in [4.78, 5) is 2.31. The Labute approximate surface area is 130 Å². The summed E-state index contributed by atoms with van der Waals surface area (Å²) in [6.07, 6.45) is 1.38. The number of rotatable bonds is 3. The Morgan fingerprint density at radius 3 is 1.50 bits per heavy atom. The molecule has 1 nitrogen and oxygen atoms in total. The van der Waals surface area contributed by atoms with E-state index in [0.29, 0.717) is 0 Å². The van der Waals surface area contributed by atoms with Crippen LogP contribution in [0.15, 0.2) is 0 Å². The van der Waals surface area contributed by atoms with Crippen LogP contribution in [0.1, 0.15) is 34.1 Å². The molecule has 0 bridgehead atoms. The molecular formula is C14H30Cl2CrN-. The third kappa shape index (κ3) is 6.49. The molecule has 0 aromatic carbocycles. The van der Waals surface area contributed by atoms with Gasteiger partial charge in [-0.1, -0.05) is 27.7 Å². The van der Waals surface area contributed by atoms with E-state index in [4.69, 9.17) is 20.1 Å². The Bertz CT molecular complexity index is 188. The van der Waals surface area contributed by atoms with E-state index in [1.54, 1.807) is 0 Å². The zero-order valence-corrected chi connectivity index (χ0v) is 15.7. The van der Waals surface area contributed by atoms with Gasteiger partial charge in [0.1, 0.15) is 0 Å². The summed E-state index contributed by atoms with van der Waals surface area (Å²) in [5.74, 6) is 4.61. The van der Waals surface area contributed by atoms with Gasteiger partial charge in [0.05, 0.1) is 0 Å². The molecule has 1 saturated carbocycles. The van der Waals surface area contributed by atoms with Gasteiger partial charge in [-0.15, -0.1) is 0 Å². The van der Waals surface area contributed by atoms with E-state index in [1.165, 1.54) is 13.0 Å². The van der Waals surface area contributed by atoms with Gasteiger partial charge in [-0.2, -0.15) is 0 Å². The van der Waals surface area contributed by atoms with Crippen molar-refractivity contribution in [2.45, 2.75) is 34.1 Å². The van der Waals surface area contributed by atoms with E-state index >= 15 is 0 Å². The fourth-order valence-corrected chi connectivity index (χ4v) is 3.15. The van der Waals surface area contributed by atoms with Crippen LogP contribution in [0.5, 0.6) is 0 Å². The van der Waals surface area contributed by atoms with Crippen molar-refractivity contribution >= 4 is 20.1 Å². The average Bonchev–Trinajstić information content (AvgIpc) is 2.43. The second kappa shape index (κ2) is 10.8. The molecule has 0 saturated heterocycles. The first-order valence-electron chi connectivity index (χ1n) is 6.40. The third-order valence-electron chi connectivity index (χ3n) is 4.75. The molecule has 3 unspecified atom stereocenters. The van der Waals surface area contributed by atoms with E-state index in [0.717, 1.165) is 29.6 Å². The Morgan fingerprint density at radius 2 is 1.22 bits per heavy atom. The van der Waals surface area contributed by atoms with Gasteiger partial charge in [-0.3, -0.25) is 0 Å². The van der Waals surface area contributed by atoms with E-state index in [-0.39, 0.29) is 20.8 Å². The van der Waals surface area contributed by atoms with Gasteiger partial charge in [0.15, 0.2) is 0 Å². The number of hydrogen-bond acceptors (Lipinski definition) is 1. The van der Waals surface area contributed by atoms with Gasteiger partial charge >= 0.3 is 33.5 Å². The SMILES string of the molecule is CC1C(C)[C@@H](C)[C@@H](C)C1CCN(C)C.[CH3-].[Cl][Cr][Cl]. The first kappa shape index (κ1) is 21.4. The summed E-state index contributed by atoms with van der Waals surface area (Å²) in [6.45, 7) is 11.0. The molecule has 0 aliphatic heterocycles. The maximum absolute atomic E-state index is 4.83. The van der Waals surface area contributed by atoms with E-state index in [9.17, 15) is 0 Å². The second-order valence-corrected chi connectivity index (χ2v) is 7.86. The maximum atomic E-state index is 4.83. The summed E-state index contributed by atoms with van der Waals surface area (Å²) in [5.41, 5.74) is 0. The summed E-state index contributed by atoms with van der Waals surface area (Å²) in [7, 11) is 14.0. The first-order chi connectivity index (χ1) is 7.86. The second-order valence-electron chi connectivity index (χ2n) is 5.75. The van der Waals surface area contributed by atoms with Crippen molar-refractivity contribution in [1.82, 2.24) is 4.90 Å². The Morgan fingerprint density at radius 1 is 0.889 bits per heavy atom. The van der Waals surface area contributed by atoms with Gasteiger partial charge in [-0.05, 0) is 56.7 Å². The molecule has 0 amide bonds. The van der Waals surface area contributed by atoms with Crippen molar-refractivity contribution in [1.29, 1.82) is 0 Å². The number of nitrogens with zero attached hydrogens (tertiary/aromatic N) is 1. The monoisotopic (exact) mass is 334 g/mol. The Hall–Kier alpha value is 1.07. The molecule has 1 aliphatic carbocycles. The van der Waals surface area contributed by atoms with Crippen LogP contribution in [0.2, 0.25) is 0 Å². The van der Waals surface area contributed by atoms with Crippen molar-refractivity contribution < 1.29 is 13.4 Å². The van der Waals surface area contributed by atoms with Gasteiger partial charge in [-0.25, -0.2) is 0 Å². The fraction of sp³-hybridized carbons (Fsp3) is 0.929. The zero-order valence-electron chi connectivity index (χ0n) is 12.9. The molecule has 1 aliphatic rings. The first-order valence-corrected chi connectivity index (χ1v) is 9.91. The molecule has 0 spiro atoms. The molecule has 0 aromatic rings. The minimum absolute atomic E-state index is 0. The average molecular weight is 335 g/mol. The quantitative estimate of drug-likeness (QED) is 0.661. The van der Waals surface area contributed by atoms with Crippen LogP contribution in [0.25, 0.3) is 0 Å². The third-order valence-corrected chi connectivity index (χ3v) is 4.75. The molecule has 1 fully saturated rings. The molecular weight excluding hydrogens is 305 g/mol. The predicted octanol–water partition coefficient (Wildman–Crippen LogP) is 4.94. The van der Waals surface area contributed by atoms with E-state index in [2.05, 4.69) is 46.7 Å². The summed E-state index contributed by atoms with van der Waals surface area (Å²) < 4.78 is 0. The van der Waals surface area contributed by atoms with Crippen molar-refractivity contribution in [2.24, 2.45) is 29.6 Å². The van der Waals surface area contributed by atoms with Crippen molar-refractivity contribution in [3.63, 3.8) is 0 Å². The molecule has 0 heterocycles. The summed E-state index contributed by atoms with van der Waals surface area (Å²) in [5, 5.41) is 0. The van der Waals surface area contributed by atoms with Crippen molar-refractivity contribution in [3.05, 3.63) is 7.43 Å². The molecule has 0 aromatic heterocycles. The molecule has 1 rings (SSSR count). The van der Waals surface area contributed by atoms with Crippen LogP contribution in [0.3, 0.4) is 0 Å². The molecule has 0 N–H and O–H groups in total. The molecule has 112 valence electrons. The molecule has 0 radical (unpaired) electrons. The molecule has 4 heteroatoms. The van der Waals surface area contributed by atoms with E-state index in [1.807, 2.05) is 0 Å². The van der Waals surface area contributed by atoms with Crippen LogP contribution < -0.4 is 0 Å². The minimum atomic E-state index is -0.181. The molecule has 5 atom stereocenters. The standard InChI is InChI=1S/C13H27N.CH3.2ClH.Cr/c1-9-10(2)12(4)13(11(9)3)7-8-14(5)6;;;;/h9-13H,7-8H2,1-6H3;1H3;2*1H;/q;-1;;;+2/p-2/t9-,10?,11-,12?,13?;;;;/m1..../s1. The van der Waals surface area contributed by atoms with Gasteiger partial charge in [0, 0.05) is 0 Å². The number of halogens is 2. The number of hydrogen-bond donors (Lipinski definition) is 0. The normalized spacial score (nSPS) is 34.8. The van der Waals surface area contributed by atoms with Gasteiger partial charge in [0.25, 0.3) is 0 Å². The Kier molecular flexibility index (Phi) is 12.8. The predicted molar refractivity (Wildman–Crippen MR) is 81.4 cm³/mol. The summed E-state index contributed by atoms with van der Waals surface area (Å²) >= 11 is -0.181. The fourth-order valence-electron chi connectivity index (χ4n) is 3.15. The van der Waals surface area contributed by atoms with Crippen molar-refractivity contribution in [3.8, 4) is 0 Å². The Balaban J connectivity index is 0.